The van der Waals surface area contributed by atoms with Crippen LogP contribution in [0.2, 0.25) is 5.02 Å². The Kier molecular flexibility index (Phi) is 5.14. The van der Waals surface area contributed by atoms with Gasteiger partial charge in [-0.2, -0.15) is 0 Å². The smallest absolute Gasteiger partial charge is 0.0492 e. The van der Waals surface area contributed by atoms with E-state index in [0.717, 1.165) is 5.02 Å². The second-order valence-corrected chi connectivity index (χ2v) is 6.84. The Morgan fingerprint density at radius 3 is 2.30 bits per heavy atom. The summed E-state index contributed by atoms with van der Waals surface area (Å²) in [6.07, 6.45) is 0. The van der Waals surface area contributed by atoms with Crippen molar-refractivity contribution in [3.05, 3.63) is 64.2 Å². The molecule has 0 saturated heterocycles. The Balaban J connectivity index is 2.30. The molecule has 3 heteroatoms. The summed E-state index contributed by atoms with van der Waals surface area (Å²) >= 11 is 7.79. The fraction of sp³-hybridized carbons (Fsp3) is 0.294. The molecule has 2 aromatic rings. The monoisotopic (exact) mass is 305 g/mol. The second-order valence-electron chi connectivity index (χ2n) is 5.22. The minimum atomic E-state index is 0.0705. The van der Waals surface area contributed by atoms with E-state index < -0.39 is 0 Å². The maximum Gasteiger partial charge on any atom is 0.0492 e. The summed E-state index contributed by atoms with van der Waals surface area (Å²) < 4.78 is 0. The van der Waals surface area contributed by atoms with Gasteiger partial charge in [-0.3, -0.25) is 0 Å². The maximum absolute atomic E-state index is 6.19. The van der Waals surface area contributed by atoms with Crippen LogP contribution in [0.4, 0.5) is 0 Å². The highest BCUT2D eigenvalue weighted by molar-refractivity contribution is 7.99. The molecular formula is C17H20ClNS. The van der Waals surface area contributed by atoms with Crippen LogP contribution in [0.15, 0.2) is 47.4 Å². The van der Waals surface area contributed by atoms with Crippen molar-refractivity contribution in [1.82, 2.24) is 0 Å². The molecule has 0 saturated carbocycles. The van der Waals surface area contributed by atoms with Crippen LogP contribution in [0.25, 0.3) is 0 Å². The fourth-order valence-electron chi connectivity index (χ4n) is 2.10. The minimum absolute atomic E-state index is 0.0705. The van der Waals surface area contributed by atoms with E-state index in [1.54, 1.807) is 0 Å². The Morgan fingerprint density at radius 2 is 1.70 bits per heavy atom. The number of thioether (sulfide) groups is 1. The van der Waals surface area contributed by atoms with Gasteiger partial charge in [0.1, 0.15) is 0 Å². The number of benzene rings is 2. The van der Waals surface area contributed by atoms with Crippen LogP contribution in [0.5, 0.6) is 0 Å². The lowest BCUT2D eigenvalue weighted by Crippen LogP contribution is -2.22. The maximum atomic E-state index is 6.19. The predicted octanol–water partition coefficient (Wildman–Crippen LogP) is 5.14. The molecule has 0 spiro atoms. The van der Waals surface area contributed by atoms with Crippen molar-refractivity contribution < 1.29 is 0 Å². The molecule has 0 aromatic heterocycles. The van der Waals surface area contributed by atoms with Gasteiger partial charge in [0.15, 0.2) is 0 Å². The summed E-state index contributed by atoms with van der Waals surface area (Å²) in [5.74, 6) is 0. The third kappa shape index (κ3) is 3.78. The first-order valence-corrected chi connectivity index (χ1v) is 7.98. The first-order chi connectivity index (χ1) is 9.47. The van der Waals surface area contributed by atoms with Gasteiger partial charge in [-0.1, -0.05) is 41.4 Å². The molecule has 1 nitrogen and oxygen atoms in total. The summed E-state index contributed by atoms with van der Waals surface area (Å²) in [7, 11) is 0. The van der Waals surface area contributed by atoms with Crippen molar-refractivity contribution in [2.45, 2.75) is 37.0 Å². The summed E-state index contributed by atoms with van der Waals surface area (Å²) in [4.78, 5) is 1.29. The molecule has 0 aliphatic heterocycles. The van der Waals surface area contributed by atoms with Gasteiger partial charge in [0, 0.05) is 21.2 Å². The molecule has 0 radical (unpaired) electrons. The largest absolute Gasteiger partial charge is 0.327 e. The number of nitrogens with two attached hydrogens (primary N) is 1. The molecule has 20 heavy (non-hydrogen) atoms. The van der Waals surface area contributed by atoms with E-state index in [1.807, 2.05) is 23.9 Å². The van der Waals surface area contributed by atoms with E-state index in [1.165, 1.54) is 21.6 Å². The minimum Gasteiger partial charge on any atom is -0.327 e. The number of hydrogen-bond acceptors (Lipinski definition) is 2. The number of rotatable bonds is 4. The molecule has 0 amide bonds. The van der Waals surface area contributed by atoms with Crippen LogP contribution in [-0.2, 0) is 0 Å². The topological polar surface area (TPSA) is 26.0 Å². The zero-order valence-electron chi connectivity index (χ0n) is 12.1. The average Bonchev–Trinajstić information content (AvgIpc) is 2.40. The van der Waals surface area contributed by atoms with Crippen LogP contribution in [0.1, 0.15) is 28.9 Å². The van der Waals surface area contributed by atoms with Crippen LogP contribution < -0.4 is 5.73 Å². The highest BCUT2D eigenvalue weighted by atomic mass is 35.5. The summed E-state index contributed by atoms with van der Waals surface area (Å²) in [5, 5.41) is 0.988. The molecule has 0 bridgehead atoms. The van der Waals surface area contributed by atoms with E-state index in [9.17, 15) is 0 Å². The van der Waals surface area contributed by atoms with E-state index in [2.05, 4.69) is 51.1 Å². The molecule has 2 unspecified atom stereocenters. The van der Waals surface area contributed by atoms with E-state index in [0.29, 0.717) is 0 Å². The first-order valence-electron chi connectivity index (χ1n) is 6.72. The Hall–Kier alpha value is -0.960. The molecule has 0 heterocycles. The molecule has 2 rings (SSSR count). The van der Waals surface area contributed by atoms with Crippen LogP contribution in [0, 0.1) is 13.8 Å². The van der Waals surface area contributed by atoms with Crippen molar-refractivity contribution >= 4 is 23.4 Å². The zero-order chi connectivity index (χ0) is 14.7. The summed E-state index contributed by atoms with van der Waals surface area (Å²) in [5.41, 5.74) is 9.97. The van der Waals surface area contributed by atoms with Crippen molar-refractivity contribution in [3.63, 3.8) is 0 Å². The third-order valence-corrected chi connectivity index (χ3v) is 5.17. The van der Waals surface area contributed by atoms with E-state index in [-0.39, 0.29) is 11.3 Å². The van der Waals surface area contributed by atoms with Gasteiger partial charge in [-0.15, -0.1) is 11.8 Å². The van der Waals surface area contributed by atoms with Gasteiger partial charge in [-0.05, 0) is 50.1 Å². The van der Waals surface area contributed by atoms with Crippen LogP contribution in [0.3, 0.4) is 0 Å². The van der Waals surface area contributed by atoms with Crippen molar-refractivity contribution in [1.29, 1.82) is 0 Å². The molecule has 0 aliphatic carbocycles. The van der Waals surface area contributed by atoms with Gasteiger partial charge in [-0.25, -0.2) is 0 Å². The van der Waals surface area contributed by atoms with E-state index >= 15 is 0 Å². The van der Waals surface area contributed by atoms with Gasteiger partial charge in [0.05, 0.1) is 0 Å². The Morgan fingerprint density at radius 1 is 1.05 bits per heavy atom. The lowest BCUT2D eigenvalue weighted by atomic mass is 10.1. The summed E-state index contributed by atoms with van der Waals surface area (Å²) in [6, 6.07) is 14.6. The van der Waals surface area contributed by atoms with Gasteiger partial charge in [0.2, 0.25) is 0 Å². The summed E-state index contributed by atoms with van der Waals surface area (Å²) in [6.45, 7) is 6.31. The van der Waals surface area contributed by atoms with Crippen molar-refractivity contribution in [3.8, 4) is 0 Å². The number of hydrogen-bond donors (Lipinski definition) is 1. The van der Waals surface area contributed by atoms with Crippen LogP contribution >= 0.6 is 23.4 Å². The highest BCUT2D eigenvalue weighted by Crippen LogP contribution is 2.39. The molecule has 0 fully saturated rings. The average molecular weight is 306 g/mol. The SMILES string of the molecule is Cc1ccc(C)c(SC(c2ccc(Cl)cc2)C(C)N)c1. The van der Waals surface area contributed by atoms with Crippen LogP contribution in [-0.4, -0.2) is 6.04 Å². The lowest BCUT2D eigenvalue weighted by Gasteiger charge is -2.22. The second kappa shape index (κ2) is 6.66. The molecule has 106 valence electrons. The Bertz CT molecular complexity index is 578. The van der Waals surface area contributed by atoms with Gasteiger partial charge in [0.25, 0.3) is 0 Å². The first kappa shape index (κ1) is 15.4. The highest BCUT2D eigenvalue weighted by Gasteiger charge is 2.18. The van der Waals surface area contributed by atoms with Gasteiger partial charge >= 0.3 is 0 Å². The molecule has 2 aromatic carbocycles. The number of halogens is 1. The van der Waals surface area contributed by atoms with Crippen molar-refractivity contribution in [2.75, 3.05) is 0 Å². The predicted molar refractivity (Wildman–Crippen MR) is 89.6 cm³/mol. The third-order valence-electron chi connectivity index (χ3n) is 3.27. The molecule has 2 atom stereocenters. The van der Waals surface area contributed by atoms with E-state index in [4.69, 9.17) is 17.3 Å². The molecule has 0 aliphatic rings. The standard InChI is InChI=1S/C17H20ClNS/c1-11-4-5-12(2)16(10-11)20-17(13(3)19)14-6-8-15(18)9-7-14/h4-10,13,17H,19H2,1-3H3. The fourth-order valence-corrected chi connectivity index (χ4v) is 3.52. The zero-order valence-corrected chi connectivity index (χ0v) is 13.6. The molecular weight excluding hydrogens is 286 g/mol. The lowest BCUT2D eigenvalue weighted by molar-refractivity contribution is 0.721. The number of aryl methyl sites for hydroxylation is 2. The molecule has 2 N–H and O–H groups in total. The van der Waals surface area contributed by atoms with Gasteiger partial charge < -0.3 is 5.73 Å². The normalized spacial score (nSPS) is 14.1. The van der Waals surface area contributed by atoms with Crippen molar-refractivity contribution in [2.24, 2.45) is 5.73 Å². The quantitative estimate of drug-likeness (QED) is 0.792. The Labute approximate surface area is 130 Å².